The average molecular weight is 199 g/mol. The van der Waals surface area contributed by atoms with Gasteiger partial charge in [0.2, 0.25) is 0 Å². The highest BCUT2D eigenvalue weighted by Gasteiger charge is 2.03. The van der Waals surface area contributed by atoms with E-state index in [-0.39, 0.29) is 0 Å². The Morgan fingerprint density at radius 1 is 1.07 bits per heavy atom. The predicted molar refractivity (Wildman–Crippen MR) is 60.8 cm³/mol. The van der Waals surface area contributed by atoms with Crippen molar-refractivity contribution in [3.05, 3.63) is 47.8 Å². The third-order valence-electron chi connectivity index (χ3n) is 2.55. The van der Waals surface area contributed by atoms with Crippen molar-refractivity contribution in [1.29, 1.82) is 0 Å². The summed E-state index contributed by atoms with van der Waals surface area (Å²) in [7, 11) is 0. The summed E-state index contributed by atoms with van der Waals surface area (Å²) in [5.41, 5.74) is 4.28. The van der Waals surface area contributed by atoms with Crippen LogP contribution in [0.3, 0.4) is 0 Å². The Kier molecular flexibility index (Phi) is 2.42. The third kappa shape index (κ3) is 1.84. The molecule has 0 unspecified atom stereocenters. The smallest absolute Gasteiger partial charge is 0.118 e. The van der Waals surface area contributed by atoms with Gasteiger partial charge in [0, 0.05) is 18.0 Å². The molecular formula is C13H13NO. The van der Waals surface area contributed by atoms with E-state index in [4.69, 9.17) is 0 Å². The lowest BCUT2D eigenvalue weighted by molar-refractivity contribution is 0.471. The number of aryl methyl sites for hydroxylation is 2. The number of hydrogen-bond acceptors (Lipinski definition) is 2. The molecule has 1 aromatic heterocycles. The SMILES string of the molecule is Cc1cc(-c2cnccc2C)ccc1O. The van der Waals surface area contributed by atoms with E-state index in [1.165, 1.54) is 5.56 Å². The number of aromatic hydroxyl groups is 1. The fourth-order valence-electron chi connectivity index (χ4n) is 1.59. The van der Waals surface area contributed by atoms with E-state index in [2.05, 4.69) is 11.9 Å². The molecule has 1 N–H and O–H groups in total. The fourth-order valence-corrected chi connectivity index (χ4v) is 1.59. The summed E-state index contributed by atoms with van der Waals surface area (Å²) in [6, 6.07) is 7.58. The lowest BCUT2D eigenvalue weighted by Crippen LogP contribution is -1.85. The molecule has 0 aliphatic heterocycles. The standard InChI is InChI=1S/C13H13NO/c1-9-5-6-14-8-12(9)11-3-4-13(15)10(2)7-11/h3-8,15H,1-2H3. The second-order valence-corrected chi connectivity index (χ2v) is 3.69. The lowest BCUT2D eigenvalue weighted by Gasteiger charge is -2.06. The summed E-state index contributed by atoms with van der Waals surface area (Å²) >= 11 is 0. The molecule has 2 nitrogen and oxygen atoms in total. The van der Waals surface area contributed by atoms with Gasteiger partial charge in [-0.15, -0.1) is 0 Å². The largest absolute Gasteiger partial charge is 0.508 e. The van der Waals surface area contributed by atoms with E-state index in [9.17, 15) is 5.11 Å². The van der Waals surface area contributed by atoms with Gasteiger partial charge in [0.05, 0.1) is 0 Å². The van der Waals surface area contributed by atoms with Crippen LogP contribution in [-0.4, -0.2) is 10.1 Å². The number of rotatable bonds is 1. The maximum absolute atomic E-state index is 9.44. The van der Waals surface area contributed by atoms with Gasteiger partial charge in [0.15, 0.2) is 0 Å². The molecule has 1 aromatic carbocycles. The van der Waals surface area contributed by atoms with E-state index in [1.54, 1.807) is 12.3 Å². The van der Waals surface area contributed by atoms with Crippen LogP contribution in [0.2, 0.25) is 0 Å². The van der Waals surface area contributed by atoms with Crippen molar-refractivity contribution in [1.82, 2.24) is 4.98 Å². The predicted octanol–water partition coefficient (Wildman–Crippen LogP) is 3.07. The second-order valence-electron chi connectivity index (χ2n) is 3.69. The highest BCUT2D eigenvalue weighted by Crippen LogP contribution is 2.26. The van der Waals surface area contributed by atoms with Crippen LogP contribution in [0.15, 0.2) is 36.7 Å². The Morgan fingerprint density at radius 2 is 1.87 bits per heavy atom. The zero-order valence-electron chi connectivity index (χ0n) is 8.86. The molecule has 2 aromatic rings. The molecule has 0 aliphatic rings. The Balaban J connectivity index is 2.55. The molecule has 0 saturated heterocycles. The number of phenols is 1. The summed E-state index contributed by atoms with van der Waals surface area (Å²) < 4.78 is 0. The summed E-state index contributed by atoms with van der Waals surface area (Å²) in [6.45, 7) is 3.95. The number of pyridine rings is 1. The van der Waals surface area contributed by atoms with E-state index in [1.807, 2.05) is 31.3 Å². The van der Waals surface area contributed by atoms with Crippen LogP contribution >= 0.6 is 0 Å². The van der Waals surface area contributed by atoms with Crippen molar-refractivity contribution >= 4 is 0 Å². The van der Waals surface area contributed by atoms with Crippen LogP contribution in [0.5, 0.6) is 5.75 Å². The van der Waals surface area contributed by atoms with Crippen LogP contribution in [0, 0.1) is 13.8 Å². The molecule has 0 bridgehead atoms. The Hall–Kier alpha value is -1.83. The zero-order chi connectivity index (χ0) is 10.8. The molecule has 1 heterocycles. The van der Waals surface area contributed by atoms with Crippen LogP contribution in [0.25, 0.3) is 11.1 Å². The Labute approximate surface area is 89.2 Å². The van der Waals surface area contributed by atoms with Gasteiger partial charge in [-0.25, -0.2) is 0 Å². The monoisotopic (exact) mass is 199 g/mol. The zero-order valence-corrected chi connectivity index (χ0v) is 8.86. The first-order valence-electron chi connectivity index (χ1n) is 4.89. The van der Waals surface area contributed by atoms with Crippen LogP contribution in [0.1, 0.15) is 11.1 Å². The number of phenolic OH excluding ortho intramolecular Hbond substituents is 1. The molecule has 0 aliphatic carbocycles. The average Bonchev–Trinajstić information content (AvgIpc) is 2.23. The fraction of sp³-hybridized carbons (Fsp3) is 0.154. The molecular weight excluding hydrogens is 186 g/mol. The minimum absolute atomic E-state index is 0.334. The number of nitrogens with zero attached hydrogens (tertiary/aromatic N) is 1. The van der Waals surface area contributed by atoms with Gasteiger partial charge in [-0.2, -0.15) is 0 Å². The third-order valence-corrected chi connectivity index (χ3v) is 2.55. The minimum atomic E-state index is 0.334. The first-order chi connectivity index (χ1) is 7.18. The van der Waals surface area contributed by atoms with Crippen molar-refractivity contribution in [2.75, 3.05) is 0 Å². The van der Waals surface area contributed by atoms with Crippen molar-refractivity contribution in [3.8, 4) is 16.9 Å². The molecule has 0 spiro atoms. The molecule has 2 heteroatoms. The van der Waals surface area contributed by atoms with Crippen molar-refractivity contribution in [2.45, 2.75) is 13.8 Å². The molecule has 15 heavy (non-hydrogen) atoms. The van der Waals surface area contributed by atoms with Crippen molar-refractivity contribution in [3.63, 3.8) is 0 Å². The molecule has 76 valence electrons. The molecule has 0 fully saturated rings. The highest BCUT2D eigenvalue weighted by atomic mass is 16.3. The summed E-state index contributed by atoms with van der Waals surface area (Å²) in [6.07, 6.45) is 3.63. The van der Waals surface area contributed by atoms with Gasteiger partial charge in [0.1, 0.15) is 5.75 Å². The van der Waals surface area contributed by atoms with Crippen molar-refractivity contribution in [2.24, 2.45) is 0 Å². The van der Waals surface area contributed by atoms with Gasteiger partial charge in [-0.3, -0.25) is 4.98 Å². The van der Waals surface area contributed by atoms with Crippen LogP contribution < -0.4 is 0 Å². The van der Waals surface area contributed by atoms with E-state index in [0.29, 0.717) is 5.75 Å². The minimum Gasteiger partial charge on any atom is -0.508 e. The Morgan fingerprint density at radius 3 is 2.53 bits per heavy atom. The number of benzene rings is 1. The van der Waals surface area contributed by atoms with Crippen LogP contribution in [-0.2, 0) is 0 Å². The first kappa shape index (κ1) is 9.71. The molecule has 0 radical (unpaired) electrons. The quantitative estimate of drug-likeness (QED) is 0.765. The normalized spacial score (nSPS) is 10.3. The number of aromatic nitrogens is 1. The van der Waals surface area contributed by atoms with Gasteiger partial charge >= 0.3 is 0 Å². The van der Waals surface area contributed by atoms with Gasteiger partial charge < -0.3 is 5.11 Å². The first-order valence-corrected chi connectivity index (χ1v) is 4.89. The summed E-state index contributed by atoms with van der Waals surface area (Å²) in [4.78, 5) is 4.11. The maximum Gasteiger partial charge on any atom is 0.118 e. The summed E-state index contributed by atoms with van der Waals surface area (Å²) in [5, 5.41) is 9.44. The summed E-state index contributed by atoms with van der Waals surface area (Å²) in [5.74, 6) is 0.334. The lowest BCUT2D eigenvalue weighted by atomic mass is 10.0. The van der Waals surface area contributed by atoms with E-state index in [0.717, 1.165) is 16.7 Å². The molecule has 0 amide bonds. The topological polar surface area (TPSA) is 33.1 Å². The Bertz CT molecular complexity index is 492. The number of hydrogen-bond donors (Lipinski definition) is 1. The van der Waals surface area contributed by atoms with E-state index < -0.39 is 0 Å². The van der Waals surface area contributed by atoms with E-state index >= 15 is 0 Å². The highest BCUT2D eigenvalue weighted by molar-refractivity contribution is 5.67. The molecule has 0 saturated carbocycles. The molecule has 2 rings (SSSR count). The van der Waals surface area contributed by atoms with Gasteiger partial charge in [0.25, 0.3) is 0 Å². The van der Waals surface area contributed by atoms with Gasteiger partial charge in [-0.05, 0) is 48.7 Å². The van der Waals surface area contributed by atoms with Crippen LogP contribution in [0.4, 0.5) is 0 Å². The maximum atomic E-state index is 9.44. The second kappa shape index (κ2) is 3.73. The molecule has 0 atom stereocenters. The van der Waals surface area contributed by atoms with Gasteiger partial charge in [-0.1, -0.05) is 6.07 Å². The van der Waals surface area contributed by atoms with Crippen molar-refractivity contribution < 1.29 is 5.11 Å².